The highest BCUT2D eigenvalue weighted by Crippen LogP contribution is 2.48. The fourth-order valence-electron chi connectivity index (χ4n) is 4.03. The molecule has 0 spiro atoms. The summed E-state index contributed by atoms with van der Waals surface area (Å²) in [5.41, 5.74) is 1.63. The van der Waals surface area contributed by atoms with Crippen LogP contribution in [0.2, 0.25) is 20.1 Å². The van der Waals surface area contributed by atoms with Crippen LogP contribution >= 0.6 is 46.4 Å². The van der Waals surface area contributed by atoms with E-state index in [0.29, 0.717) is 32.5 Å². The van der Waals surface area contributed by atoms with Gasteiger partial charge in [0.1, 0.15) is 17.5 Å². The summed E-state index contributed by atoms with van der Waals surface area (Å²) >= 11 is 25.3. The molecule has 190 valence electrons. The normalized spacial score (nSPS) is 14.5. The number of hydrogen-bond acceptors (Lipinski definition) is 6. The van der Waals surface area contributed by atoms with Crippen LogP contribution in [0.1, 0.15) is 37.9 Å². The first kappa shape index (κ1) is 26.9. The van der Waals surface area contributed by atoms with Gasteiger partial charge in [-0.25, -0.2) is 4.99 Å². The Hall–Kier alpha value is -3.10. The van der Waals surface area contributed by atoms with Crippen molar-refractivity contribution in [3.63, 3.8) is 0 Å². The minimum absolute atomic E-state index is 0.153. The van der Waals surface area contributed by atoms with E-state index in [1.807, 2.05) is 0 Å². The smallest absolute Gasteiger partial charge is 0.308 e. The van der Waals surface area contributed by atoms with E-state index in [4.69, 9.17) is 60.9 Å². The van der Waals surface area contributed by atoms with Gasteiger partial charge in [0.15, 0.2) is 0 Å². The standard InChI is InChI=1S/C26H18Cl4N2O5/c1-12(33)32-22-11-20(30)19(29)10-21(22)31-25(17-8-15(27)4-6-23(17)36-13(2)34)26(32)18-9-16(28)5-7-24(18)37-14(3)35/h4-11,26H,1-3H3. The lowest BCUT2D eigenvalue weighted by Crippen LogP contribution is -2.40. The van der Waals surface area contributed by atoms with Crippen LogP contribution in [0, 0.1) is 0 Å². The van der Waals surface area contributed by atoms with E-state index < -0.39 is 18.0 Å². The fourth-order valence-corrected chi connectivity index (χ4v) is 4.70. The number of ether oxygens (including phenoxy) is 2. The van der Waals surface area contributed by atoms with Gasteiger partial charge in [-0.05, 0) is 48.5 Å². The molecule has 0 radical (unpaired) electrons. The Morgan fingerprint density at radius 1 is 0.784 bits per heavy atom. The summed E-state index contributed by atoms with van der Waals surface area (Å²) in [4.78, 5) is 43.3. The van der Waals surface area contributed by atoms with E-state index in [0.717, 1.165) is 0 Å². The zero-order valence-corrected chi connectivity index (χ0v) is 22.7. The number of halogens is 4. The van der Waals surface area contributed by atoms with Gasteiger partial charge in [0, 0.05) is 41.9 Å². The van der Waals surface area contributed by atoms with Gasteiger partial charge in [-0.2, -0.15) is 0 Å². The molecule has 3 aromatic carbocycles. The summed E-state index contributed by atoms with van der Waals surface area (Å²) in [6.45, 7) is 3.88. The number of aliphatic imine (C=N–C) groups is 1. The number of esters is 2. The van der Waals surface area contributed by atoms with Gasteiger partial charge in [0.05, 0.1) is 27.1 Å². The summed E-state index contributed by atoms with van der Waals surface area (Å²) < 4.78 is 10.9. The quantitative estimate of drug-likeness (QED) is 0.238. The van der Waals surface area contributed by atoms with E-state index in [-0.39, 0.29) is 33.2 Å². The second-order valence-electron chi connectivity index (χ2n) is 8.05. The first-order valence-electron chi connectivity index (χ1n) is 10.8. The van der Waals surface area contributed by atoms with E-state index in [9.17, 15) is 14.4 Å². The Balaban J connectivity index is 2.11. The first-order valence-corrected chi connectivity index (χ1v) is 12.3. The van der Waals surface area contributed by atoms with Crippen LogP contribution in [0.4, 0.5) is 11.4 Å². The summed E-state index contributed by atoms with van der Waals surface area (Å²) in [5, 5.41) is 1.08. The molecule has 4 rings (SSSR count). The van der Waals surface area contributed by atoms with Crippen LogP contribution in [-0.4, -0.2) is 23.6 Å². The molecular weight excluding hydrogens is 562 g/mol. The number of anilines is 1. The molecule has 0 saturated heterocycles. The lowest BCUT2D eigenvalue weighted by atomic mass is 9.91. The van der Waals surface area contributed by atoms with Gasteiger partial charge < -0.3 is 9.47 Å². The molecule has 0 aromatic heterocycles. The maximum Gasteiger partial charge on any atom is 0.308 e. The highest BCUT2D eigenvalue weighted by molar-refractivity contribution is 6.42. The summed E-state index contributed by atoms with van der Waals surface area (Å²) in [7, 11) is 0. The van der Waals surface area contributed by atoms with Crippen LogP contribution in [-0.2, 0) is 14.4 Å². The van der Waals surface area contributed by atoms with Gasteiger partial charge in [0.25, 0.3) is 0 Å². The molecule has 0 saturated carbocycles. The topological polar surface area (TPSA) is 85.3 Å². The Kier molecular flexibility index (Phi) is 7.80. The van der Waals surface area contributed by atoms with E-state index in [2.05, 4.69) is 0 Å². The van der Waals surface area contributed by atoms with Crippen LogP contribution in [0.5, 0.6) is 11.5 Å². The zero-order chi connectivity index (χ0) is 27.0. The SMILES string of the molecule is CC(=O)Oc1ccc(Cl)cc1C1=Nc2cc(Cl)c(Cl)cc2N(C(C)=O)C1c1cc(Cl)ccc1OC(C)=O. The number of carbonyl (C=O) groups is 3. The second-order valence-corrected chi connectivity index (χ2v) is 9.74. The van der Waals surface area contributed by atoms with Crippen molar-refractivity contribution in [1.29, 1.82) is 0 Å². The molecule has 1 atom stereocenters. The average Bonchev–Trinajstić information content (AvgIpc) is 2.80. The van der Waals surface area contributed by atoms with Gasteiger partial charge >= 0.3 is 11.9 Å². The minimum atomic E-state index is -0.997. The van der Waals surface area contributed by atoms with Crippen molar-refractivity contribution in [1.82, 2.24) is 0 Å². The number of hydrogen-bond donors (Lipinski definition) is 0. The number of fused-ring (bicyclic) bond motifs is 1. The summed E-state index contributed by atoms with van der Waals surface area (Å²) in [5.74, 6) is -1.23. The van der Waals surface area contributed by atoms with Crippen molar-refractivity contribution in [2.75, 3.05) is 4.90 Å². The number of amides is 1. The highest BCUT2D eigenvalue weighted by Gasteiger charge is 2.39. The third-order valence-corrected chi connectivity index (χ3v) is 6.56. The van der Waals surface area contributed by atoms with Crippen molar-refractivity contribution in [3.8, 4) is 11.5 Å². The molecule has 7 nitrogen and oxygen atoms in total. The Morgan fingerprint density at radius 3 is 1.97 bits per heavy atom. The summed E-state index contributed by atoms with van der Waals surface area (Å²) in [6.07, 6.45) is 0. The Morgan fingerprint density at radius 2 is 1.35 bits per heavy atom. The molecule has 0 N–H and O–H groups in total. The lowest BCUT2D eigenvalue weighted by Gasteiger charge is -2.37. The molecule has 1 aliphatic rings. The third-order valence-electron chi connectivity index (χ3n) is 5.37. The highest BCUT2D eigenvalue weighted by atomic mass is 35.5. The molecule has 1 aliphatic heterocycles. The number of benzene rings is 3. The van der Waals surface area contributed by atoms with Crippen LogP contribution < -0.4 is 14.4 Å². The first-order chi connectivity index (χ1) is 17.5. The molecule has 11 heteroatoms. The predicted molar refractivity (Wildman–Crippen MR) is 144 cm³/mol. The number of carbonyl (C=O) groups excluding carboxylic acids is 3. The Bertz CT molecular complexity index is 1490. The van der Waals surface area contributed by atoms with Crippen molar-refractivity contribution < 1.29 is 23.9 Å². The summed E-state index contributed by atoms with van der Waals surface area (Å²) in [6, 6.07) is 11.3. The molecule has 1 unspecified atom stereocenters. The molecular formula is C26H18Cl4N2O5. The van der Waals surface area contributed by atoms with Crippen molar-refractivity contribution in [3.05, 3.63) is 79.7 Å². The zero-order valence-electron chi connectivity index (χ0n) is 19.6. The number of rotatable bonds is 4. The molecule has 1 amide bonds. The average molecular weight is 580 g/mol. The van der Waals surface area contributed by atoms with Crippen LogP contribution in [0.25, 0.3) is 0 Å². The maximum absolute atomic E-state index is 13.2. The largest absolute Gasteiger partial charge is 0.426 e. The number of nitrogens with zero attached hydrogens (tertiary/aromatic N) is 2. The third kappa shape index (κ3) is 5.60. The maximum atomic E-state index is 13.2. The molecule has 3 aromatic rings. The predicted octanol–water partition coefficient (Wildman–Crippen LogP) is 7.38. The minimum Gasteiger partial charge on any atom is -0.426 e. The molecule has 37 heavy (non-hydrogen) atoms. The van der Waals surface area contributed by atoms with Gasteiger partial charge in [0.2, 0.25) is 5.91 Å². The molecule has 1 heterocycles. The van der Waals surface area contributed by atoms with Crippen molar-refractivity contribution in [2.45, 2.75) is 26.8 Å². The Labute approximate surface area is 232 Å². The van der Waals surface area contributed by atoms with Crippen molar-refractivity contribution in [2.24, 2.45) is 4.99 Å². The van der Waals surface area contributed by atoms with Crippen LogP contribution in [0.3, 0.4) is 0 Å². The molecule has 0 bridgehead atoms. The fraction of sp³-hybridized carbons (Fsp3) is 0.154. The van der Waals surface area contributed by atoms with Gasteiger partial charge in [-0.15, -0.1) is 0 Å². The van der Waals surface area contributed by atoms with E-state index in [1.54, 1.807) is 24.3 Å². The lowest BCUT2D eigenvalue weighted by molar-refractivity contribution is -0.132. The van der Waals surface area contributed by atoms with Gasteiger partial charge in [-0.3, -0.25) is 19.3 Å². The van der Waals surface area contributed by atoms with Crippen molar-refractivity contribution >= 4 is 81.3 Å². The second kappa shape index (κ2) is 10.7. The monoisotopic (exact) mass is 578 g/mol. The van der Waals surface area contributed by atoms with Crippen LogP contribution in [0.15, 0.2) is 53.5 Å². The van der Waals surface area contributed by atoms with E-state index >= 15 is 0 Å². The van der Waals surface area contributed by atoms with E-state index in [1.165, 1.54) is 49.9 Å². The molecule has 0 aliphatic carbocycles. The molecule has 0 fully saturated rings. The van der Waals surface area contributed by atoms with Gasteiger partial charge in [-0.1, -0.05) is 46.4 Å².